The van der Waals surface area contributed by atoms with Crippen molar-refractivity contribution in [2.45, 2.75) is 26.7 Å². The number of carbonyl (C=O) groups is 1. The molecule has 0 heterocycles. The zero-order valence-corrected chi connectivity index (χ0v) is 15.6. The minimum absolute atomic E-state index is 0.176. The molecule has 0 unspecified atom stereocenters. The molecule has 2 aromatic rings. The second kappa shape index (κ2) is 9.28. The zero-order valence-electron chi connectivity index (χ0n) is 14.0. The number of benzene rings is 2. The Hall–Kier alpha value is -2.07. The summed E-state index contributed by atoms with van der Waals surface area (Å²) in [6.07, 6.45) is 5.20. The summed E-state index contributed by atoms with van der Waals surface area (Å²) in [6.45, 7) is 4.82. The van der Waals surface area contributed by atoms with Crippen LogP contribution in [0.4, 0.5) is 5.69 Å². The van der Waals surface area contributed by atoms with Gasteiger partial charge in [0.1, 0.15) is 5.75 Å². The smallest absolute Gasteiger partial charge is 0.248 e. The maximum Gasteiger partial charge on any atom is 0.248 e. The van der Waals surface area contributed by atoms with Crippen molar-refractivity contribution in [2.75, 3.05) is 11.9 Å². The standard InChI is InChI=1S/C20H22BrNO2/c1-3-13-24-19-8-6-5-7-16(19)10-12-20(23)22-18-11-9-15(4-2)14-17(18)21/h5-12,14H,3-4,13H2,1-2H3,(H,22,23)/b12-10+. The lowest BCUT2D eigenvalue weighted by atomic mass is 10.1. The highest BCUT2D eigenvalue weighted by molar-refractivity contribution is 9.10. The number of amides is 1. The maximum absolute atomic E-state index is 12.2. The summed E-state index contributed by atoms with van der Waals surface area (Å²) in [7, 11) is 0. The number of aryl methyl sites for hydroxylation is 1. The van der Waals surface area contributed by atoms with Gasteiger partial charge in [-0.15, -0.1) is 0 Å². The Labute approximate surface area is 151 Å². The third-order valence-corrected chi connectivity index (χ3v) is 4.15. The number of para-hydroxylation sites is 1. The topological polar surface area (TPSA) is 38.3 Å². The Balaban J connectivity index is 2.06. The van der Waals surface area contributed by atoms with Crippen LogP contribution in [0, 0.1) is 0 Å². The van der Waals surface area contributed by atoms with Crippen molar-refractivity contribution in [1.29, 1.82) is 0 Å². The zero-order chi connectivity index (χ0) is 17.4. The van der Waals surface area contributed by atoms with E-state index in [9.17, 15) is 4.79 Å². The average Bonchev–Trinajstić information content (AvgIpc) is 2.60. The molecule has 4 heteroatoms. The van der Waals surface area contributed by atoms with Crippen LogP contribution in [0.25, 0.3) is 6.08 Å². The van der Waals surface area contributed by atoms with E-state index in [-0.39, 0.29) is 5.91 Å². The van der Waals surface area contributed by atoms with Gasteiger partial charge in [-0.25, -0.2) is 0 Å². The van der Waals surface area contributed by atoms with Crippen LogP contribution in [-0.2, 0) is 11.2 Å². The van der Waals surface area contributed by atoms with Crippen LogP contribution in [0.3, 0.4) is 0 Å². The van der Waals surface area contributed by atoms with Crippen molar-refractivity contribution in [1.82, 2.24) is 0 Å². The summed E-state index contributed by atoms with van der Waals surface area (Å²) in [6, 6.07) is 13.6. The Kier molecular flexibility index (Phi) is 7.07. The molecule has 0 atom stereocenters. The fourth-order valence-corrected chi connectivity index (χ4v) is 2.71. The molecule has 1 N–H and O–H groups in total. The normalized spacial score (nSPS) is 10.8. The summed E-state index contributed by atoms with van der Waals surface area (Å²) in [5.41, 5.74) is 2.87. The predicted molar refractivity (Wildman–Crippen MR) is 103 cm³/mol. The molecule has 2 rings (SSSR count). The Morgan fingerprint density at radius 2 is 2.00 bits per heavy atom. The van der Waals surface area contributed by atoms with Gasteiger partial charge in [-0.1, -0.05) is 38.1 Å². The lowest BCUT2D eigenvalue weighted by molar-refractivity contribution is -0.111. The predicted octanol–water partition coefficient (Wildman–Crippen LogP) is 5.45. The Bertz CT molecular complexity index is 725. The first-order chi connectivity index (χ1) is 11.6. The molecule has 0 aliphatic carbocycles. The molecule has 24 heavy (non-hydrogen) atoms. The van der Waals surface area contributed by atoms with Gasteiger partial charge in [-0.05, 0) is 58.6 Å². The average molecular weight is 388 g/mol. The molecular weight excluding hydrogens is 366 g/mol. The SMILES string of the molecule is CCCOc1ccccc1/C=C/C(=O)Nc1ccc(CC)cc1Br. The molecule has 3 nitrogen and oxygen atoms in total. The van der Waals surface area contributed by atoms with Crippen molar-refractivity contribution in [3.8, 4) is 5.75 Å². The third-order valence-electron chi connectivity index (χ3n) is 3.49. The summed E-state index contributed by atoms with van der Waals surface area (Å²) in [5, 5.41) is 2.88. The lowest BCUT2D eigenvalue weighted by Gasteiger charge is -2.08. The van der Waals surface area contributed by atoms with Crippen LogP contribution in [-0.4, -0.2) is 12.5 Å². The van der Waals surface area contributed by atoms with E-state index in [0.29, 0.717) is 6.61 Å². The highest BCUT2D eigenvalue weighted by atomic mass is 79.9. The van der Waals surface area contributed by atoms with E-state index < -0.39 is 0 Å². The van der Waals surface area contributed by atoms with Crippen molar-refractivity contribution in [3.05, 3.63) is 64.1 Å². The molecule has 0 aliphatic rings. The fraction of sp³-hybridized carbons (Fsp3) is 0.250. The molecule has 2 aromatic carbocycles. The van der Waals surface area contributed by atoms with E-state index in [1.165, 1.54) is 11.6 Å². The van der Waals surface area contributed by atoms with E-state index in [1.807, 2.05) is 42.5 Å². The molecule has 0 radical (unpaired) electrons. The van der Waals surface area contributed by atoms with Gasteiger partial charge in [0.2, 0.25) is 5.91 Å². The van der Waals surface area contributed by atoms with Crippen LogP contribution in [0.1, 0.15) is 31.4 Å². The van der Waals surface area contributed by atoms with Gasteiger partial charge < -0.3 is 10.1 Å². The second-order valence-electron chi connectivity index (χ2n) is 5.38. The summed E-state index contributed by atoms with van der Waals surface area (Å²) < 4.78 is 6.58. The molecule has 0 bridgehead atoms. The van der Waals surface area contributed by atoms with E-state index in [0.717, 1.165) is 34.3 Å². The van der Waals surface area contributed by atoms with E-state index >= 15 is 0 Å². The van der Waals surface area contributed by atoms with Crippen molar-refractivity contribution in [3.63, 3.8) is 0 Å². The number of ether oxygens (including phenoxy) is 1. The molecular formula is C20H22BrNO2. The van der Waals surface area contributed by atoms with Gasteiger partial charge in [-0.2, -0.15) is 0 Å². The number of halogens is 1. The largest absolute Gasteiger partial charge is 0.493 e. The molecule has 0 aromatic heterocycles. The van der Waals surface area contributed by atoms with Gasteiger partial charge in [0.05, 0.1) is 12.3 Å². The number of hydrogen-bond donors (Lipinski definition) is 1. The van der Waals surface area contributed by atoms with Gasteiger partial charge >= 0.3 is 0 Å². The minimum Gasteiger partial charge on any atom is -0.493 e. The van der Waals surface area contributed by atoms with Gasteiger partial charge in [0.25, 0.3) is 0 Å². The van der Waals surface area contributed by atoms with Gasteiger partial charge in [0, 0.05) is 16.1 Å². The van der Waals surface area contributed by atoms with Crippen LogP contribution >= 0.6 is 15.9 Å². The van der Waals surface area contributed by atoms with Crippen molar-refractivity contribution in [2.24, 2.45) is 0 Å². The first-order valence-corrected chi connectivity index (χ1v) is 8.92. The number of rotatable bonds is 7. The molecule has 0 fully saturated rings. The van der Waals surface area contributed by atoms with Crippen LogP contribution in [0.5, 0.6) is 5.75 Å². The monoisotopic (exact) mass is 387 g/mol. The number of nitrogens with one attached hydrogen (secondary N) is 1. The molecule has 0 aliphatic heterocycles. The third kappa shape index (κ3) is 5.24. The Morgan fingerprint density at radius 1 is 1.21 bits per heavy atom. The summed E-state index contributed by atoms with van der Waals surface area (Å²) in [5.74, 6) is 0.613. The summed E-state index contributed by atoms with van der Waals surface area (Å²) >= 11 is 3.49. The molecule has 0 spiro atoms. The first kappa shape index (κ1) is 18.3. The first-order valence-electron chi connectivity index (χ1n) is 8.13. The Morgan fingerprint density at radius 3 is 2.71 bits per heavy atom. The number of hydrogen-bond acceptors (Lipinski definition) is 2. The second-order valence-corrected chi connectivity index (χ2v) is 6.23. The molecule has 126 valence electrons. The van der Waals surface area contributed by atoms with E-state index in [4.69, 9.17) is 4.74 Å². The number of carbonyl (C=O) groups excluding carboxylic acids is 1. The van der Waals surface area contributed by atoms with E-state index in [1.54, 1.807) is 6.08 Å². The van der Waals surface area contributed by atoms with Crippen LogP contribution in [0.2, 0.25) is 0 Å². The molecule has 1 amide bonds. The molecule has 0 saturated carbocycles. The maximum atomic E-state index is 12.2. The highest BCUT2D eigenvalue weighted by Crippen LogP contribution is 2.24. The molecule has 0 saturated heterocycles. The van der Waals surface area contributed by atoms with Crippen molar-refractivity contribution >= 4 is 33.6 Å². The van der Waals surface area contributed by atoms with E-state index in [2.05, 4.69) is 35.1 Å². The fourth-order valence-electron chi connectivity index (χ4n) is 2.18. The quantitative estimate of drug-likeness (QED) is 0.641. The highest BCUT2D eigenvalue weighted by Gasteiger charge is 2.05. The lowest BCUT2D eigenvalue weighted by Crippen LogP contribution is -2.08. The van der Waals surface area contributed by atoms with Gasteiger partial charge in [-0.3, -0.25) is 4.79 Å². The van der Waals surface area contributed by atoms with Crippen molar-refractivity contribution < 1.29 is 9.53 Å². The van der Waals surface area contributed by atoms with Crippen LogP contribution in [0.15, 0.2) is 53.0 Å². The van der Waals surface area contributed by atoms with Gasteiger partial charge in [0.15, 0.2) is 0 Å². The summed E-state index contributed by atoms with van der Waals surface area (Å²) in [4.78, 5) is 12.2. The minimum atomic E-state index is -0.176. The van der Waals surface area contributed by atoms with Crippen LogP contribution < -0.4 is 10.1 Å². The number of anilines is 1.